The van der Waals surface area contributed by atoms with Crippen molar-refractivity contribution in [2.24, 2.45) is 5.92 Å². The van der Waals surface area contributed by atoms with Gasteiger partial charge in [0.2, 0.25) is 5.91 Å². The van der Waals surface area contributed by atoms with E-state index in [1.807, 2.05) is 6.92 Å². The number of nitrogens with zero attached hydrogens (tertiary/aromatic N) is 1. The summed E-state index contributed by atoms with van der Waals surface area (Å²) in [6, 6.07) is 0. The zero-order valence-corrected chi connectivity index (χ0v) is 7.76. The van der Waals surface area contributed by atoms with E-state index in [9.17, 15) is 4.79 Å². The fourth-order valence-electron chi connectivity index (χ4n) is 1.23. The molecule has 1 aromatic rings. The van der Waals surface area contributed by atoms with Crippen LogP contribution in [-0.2, 0) is 4.79 Å². The van der Waals surface area contributed by atoms with Gasteiger partial charge >= 0.3 is 0 Å². The first-order valence-corrected chi connectivity index (χ1v) is 4.42. The average molecular weight is 180 g/mol. The van der Waals surface area contributed by atoms with Gasteiger partial charge in [0.1, 0.15) is 11.4 Å². The smallest absolute Gasteiger partial charge is 0.227 e. The van der Waals surface area contributed by atoms with Crippen LogP contribution in [0.15, 0.2) is 4.52 Å². The van der Waals surface area contributed by atoms with Crippen LogP contribution in [0.4, 0.5) is 5.69 Å². The SMILES string of the molecule is Cc1noc(C)c1NC(=O)C1CC1. The predicted molar refractivity (Wildman–Crippen MR) is 47.3 cm³/mol. The molecule has 70 valence electrons. The van der Waals surface area contributed by atoms with Crippen molar-refractivity contribution in [3.05, 3.63) is 11.5 Å². The third kappa shape index (κ3) is 1.56. The maximum atomic E-state index is 11.4. The average Bonchev–Trinajstić information content (AvgIpc) is 2.88. The summed E-state index contributed by atoms with van der Waals surface area (Å²) < 4.78 is 4.93. The van der Waals surface area contributed by atoms with Gasteiger partial charge in [0.15, 0.2) is 5.76 Å². The lowest BCUT2D eigenvalue weighted by atomic mass is 10.3. The van der Waals surface area contributed by atoms with Gasteiger partial charge in [-0.2, -0.15) is 0 Å². The summed E-state index contributed by atoms with van der Waals surface area (Å²) in [6.07, 6.45) is 2.02. The maximum absolute atomic E-state index is 11.4. The molecular formula is C9H12N2O2. The van der Waals surface area contributed by atoms with Crippen LogP contribution >= 0.6 is 0 Å². The Kier molecular flexibility index (Phi) is 1.83. The first-order valence-electron chi connectivity index (χ1n) is 4.42. The first-order chi connectivity index (χ1) is 6.18. The Labute approximate surface area is 76.3 Å². The molecule has 1 aliphatic rings. The molecule has 1 N–H and O–H groups in total. The van der Waals surface area contributed by atoms with E-state index in [4.69, 9.17) is 4.52 Å². The standard InChI is InChI=1S/C9H12N2O2/c1-5-8(6(2)13-11-5)10-9(12)7-3-4-7/h7H,3-4H2,1-2H3,(H,10,12). The largest absolute Gasteiger partial charge is 0.359 e. The van der Waals surface area contributed by atoms with Crippen molar-refractivity contribution < 1.29 is 9.32 Å². The lowest BCUT2D eigenvalue weighted by molar-refractivity contribution is -0.117. The van der Waals surface area contributed by atoms with Gasteiger partial charge in [0.05, 0.1) is 0 Å². The van der Waals surface area contributed by atoms with Crippen molar-refractivity contribution in [1.82, 2.24) is 5.16 Å². The monoisotopic (exact) mass is 180 g/mol. The van der Waals surface area contributed by atoms with Gasteiger partial charge in [-0.15, -0.1) is 0 Å². The Hall–Kier alpha value is -1.32. The number of aryl methyl sites for hydroxylation is 2. The molecule has 1 amide bonds. The molecule has 0 aromatic carbocycles. The van der Waals surface area contributed by atoms with Crippen molar-refractivity contribution in [1.29, 1.82) is 0 Å². The van der Waals surface area contributed by atoms with Crippen molar-refractivity contribution in [2.75, 3.05) is 5.32 Å². The Morgan fingerprint density at radius 2 is 2.23 bits per heavy atom. The molecule has 1 aromatic heterocycles. The molecule has 0 spiro atoms. The molecule has 0 radical (unpaired) electrons. The first kappa shape index (κ1) is 8.29. The van der Waals surface area contributed by atoms with Gasteiger partial charge in [-0.1, -0.05) is 5.16 Å². The molecule has 1 aliphatic carbocycles. The zero-order chi connectivity index (χ0) is 9.42. The van der Waals surface area contributed by atoms with Crippen LogP contribution in [0.5, 0.6) is 0 Å². The molecule has 1 heterocycles. The second-order valence-corrected chi connectivity index (χ2v) is 3.46. The lowest BCUT2D eigenvalue weighted by Crippen LogP contribution is -2.14. The van der Waals surface area contributed by atoms with E-state index in [1.165, 1.54) is 0 Å². The molecule has 0 atom stereocenters. The summed E-state index contributed by atoms with van der Waals surface area (Å²) >= 11 is 0. The molecule has 13 heavy (non-hydrogen) atoms. The minimum atomic E-state index is 0.0920. The number of amides is 1. The van der Waals surface area contributed by atoms with Gasteiger partial charge in [-0.3, -0.25) is 4.79 Å². The highest BCUT2D eigenvalue weighted by Gasteiger charge is 2.30. The van der Waals surface area contributed by atoms with Crippen LogP contribution in [0.25, 0.3) is 0 Å². The number of hydrogen-bond acceptors (Lipinski definition) is 3. The van der Waals surface area contributed by atoms with E-state index in [0.29, 0.717) is 5.76 Å². The third-order valence-corrected chi connectivity index (χ3v) is 2.23. The molecule has 1 saturated carbocycles. The number of carbonyl (C=O) groups excluding carboxylic acids is 1. The fraction of sp³-hybridized carbons (Fsp3) is 0.556. The Morgan fingerprint density at radius 1 is 1.54 bits per heavy atom. The summed E-state index contributed by atoms with van der Waals surface area (Å²) in [5.41, 5.74) is 1.48. The predicted octanol–water partition coefficient (Wildman–Crippen LogP) is 1.64. The highest BCUT2D eigenvalue weighted by atomic mass is 16.5. The highest BCUT2D eigenvalue weighted by Crippen LogP contribution is 2.31. The van der Waals surface area contributed by atoms with E-state index < -0.39 is 0 Å². The second-order valence-electron chi connectivity index (χ2n) is 3.46. The molecule has 0 unspecified atom stereocenters. The highest BCUT2D eigenvalue weighted by molar-refractivity contribution is 5.94. The lowest BCUT2D eigenvalue weighted by Gasteiger charge is -2.01. The van der Waals surface area contributed by atoms with Gasteiger partial charge < -0.3 is 9.84 Å². The second kappa shape index (κ2) is 2.87. The Bertz CT molecular complexity index is 320. The van der Waals surface area contributed by atoms with Crippen molar-refractivity contribution in [3.63, 3.8) is 0 Å². The summed E-state index contributed by atoms with van der Waals surface area (Å²) in [4.78, 5) is 11.4. The van der Waals surface area contributed by atoms with E-state index in [2.05, 4.69) is 10.5 Å². The van der Waals surface area contributed by atoms with Gasteiger partial charge in [0.25, 0.3) is 0 Å². The fourth-order valence-corrected chi connectivity index (χ4v) is 1.23. The molecule has 0 saturated heterocycles. The topological polar surface area (TPSA) is 55.1 Å². The molecule has 2 rings (SSSR count). The third-order valence-electron chi connectivity index (χ3n) is 2.23. The van der Waals surface area contributed by atoms with E-state index >= 15 is 0 Å². The zero-order valence-electron chi connectivity index (χ0n) is 7.76. The van der Waals surface area contributed by atoms with Crippen LogP contribution in [0.2, 0.25) is 0 Å². The summed E-state index contributed by atoms with van der Waals surface area (Å²) in [7, 11) is 0. The number of hydrogen-bond donors (Lipinski definition) is 1. The quantitative estimate of drug-likeness (QED) is 0.752. The Balaban J connectivity index is 2.11. The number of anilines is 1. The van der Waals surface area contributed by atoms with E-state index in [1.54, 1.807) is 6.92 Å². The van der Waals surface area contributed by atoms with Gasteiger partial charge in [-0.05, 0) is 26.7 Å². The number of aromatic nitrogens is 1. The number of nitrogens with one attached hydrogen (secondary N) is 1. The van der Waals surface area contributed by atoms with Crippen molar-refractivity contribution in [3.8, 4) is 0 Å². The van der Waals surface area contributed by atoms with Crippen molar-refractivity contribution >= 4 is 11.6 Å². The molecule has 4 heteroatoms. The molecular weight excluding hydrogens is 168 g/mol. The Morgan fingerprint density at radius 3 is 2.69 bits per heavy atom. The minimum absolute atomic E-state index is 0.0920. The number of rotatable bonds is 2. The molecule has 4 nitrogen and oxygen atoms in total. The van der Waals surface area contributed by atoms with Gasteiger partial charge in [-0.25, -0.2) is 0 Å². The van der Waals surface area contributed by atoms with Crippen LogP contribution in [-0.4, -0.2) is 11.1 Å². The minimum Gasteiger partial charge on any atom is -0.359 e. The maximum Gasteiger partial charge on any atom is 0.227 e. The van der Waals surface area contributed by atoms with E-state index in [-0.39, 0.29) is 11.8 Å². The summed E-state index contributed by atoms with van der Waals surface area (Å²) in [5, 5.41) is 6.58. The van der Waals surface area contributed by atoms with Crippen LogP contribution in [0.1, 0.15) is 24.3 Å². The number of carbonyl (C=O) groups is 1. The van der Waals surface area contributed by atoms with Crippen LogP contribution in [0.3, 0.4) is 0 Å². The summed E-state index contributed by atoms with van der Waals surface area (Å²) in [6.45, 7) is 3.61. The van der Waals surface area contributed by atoms with Crippen molar-refractivity contribution in [2.45, 2.75) is 26.7 Å². The molecule has 0 bridgehead atoms. The normalized spacial score (nSPS) is 15.8. The molecule has 0 aliphatic heterocycles. The van der Waals surface area contributed by atoms with Crippen LogP contribution < -0.4 is 5.32 Å². The summed E-state index contributed by atoms with van der Waals surface area (Å²) in [5.74, 6) is 0.981. The molecule has 1 fully saturated rings. The van der Waals surface area contributed by atoms with Crippen LogP contribution in [0, 0.1) is 19.8 Å². The van der Waals surface area contributed by atoms with E-state index in [0.717, 1.165) is 24.2 Å². The van der Waals surface area contributed by atoms with Gasteiger partial charge in [0, 0.05) is 5.92 Å².